The highest BCUT2D eigenvalue weighted by Crippen LogP contribution is 2.17. The van der Waals surface area contributed by atoms with Gasteiger partial charge in [-0.15, -0.1) is 0 Å². The zero-order chi connectivity index (χ0) is 16.1. The van der Waals surface area contributed by atoms with Crippen molar-refractivity contribution >= 4 is 17.5 Å². The summed E-state index contributed by atoms with van der Waals surface area (Å²) in [5.41, 5.74) is 4.48. The van der Waals surface area contributed by atoms with E-state index in [9.17, 15) is 9.59 Å². The highest BCUT2D eigenvalue weighted by Gasteiger charge is 2.09. The van der Waals surface area contributed by atoms with Crippen molar-refractivity contribution in [2.24, 2.45) is 0 Å². The fourth-order valence-corrected chi connectivity index (χ4v) is 2.13. The van der Waals surface area contributed by atoms with E-state index in [0.29, 0.717) is 5.56 Å². The molecule has 2 rings (SSSR count). The highest BCUT2D eigenvalue weighted by atomic mass is 16.2. The minimum absolute atomic E-state index is 0.0554. The second kappa shape index (κ2) is 6.89. The first-order valence-electron chi connectivity index (χ1n) is 7.18. The third-order valence-corrected chi connectivity index (χ3v) is 3.57. The van der Waals surface area contributed by atoms with E-state index in [1.807, 2.05) is 51.1 Å². The Morgan fingerprint density at radius 1 is 1.00 bits per heavy atom. The van der Waals surface area contributed by atoms with Crippen LogP contribution in [0.4, 0.5) is 5.69 Å². The molecule has 0 spiro atoms. The molecule has 0 aliphatic rings. The second-order valence-electron chi connectivity index (χ2n) is 5.35. The number of rotatable bonds is 4. The average molecular weight is 296 g/mol. The normalized spacial score (nSPS) is 10.1. The predicted molar refractivity (Wildman–Crippen MR) is 88.1 cm³/mol. The molecule has 2 N–H and O–H groups in total. The van der Waals surface area contributed by atoms with Crippen LogP contribution in [0.5, 0.6) is 0 Å². The van der Waals surface area contributed by atoms with Gasteiger partial charge in [-0.1, -0.05) is 29.8 Å². The molecule has 0 aliphatic heterocycles. The molecule has 4 nitrogen and oxygen atoms in total. The highest BCUT2D eigenvalue weighted by molar-refractivity contribution is 5.99. The first kappa shape index (κ1) is 15.8. The first-order chi connectivity index (χ1) is 10.5. The summed E-state index contributed by atoms with van der Waals surface area (Å²) < 4.78 is 0. The van der Waals surface area contributed by atoms with Gasteiger partial charge in [-0.2, -0.15) is 0 Å². The molecule has 0 unspecified atom stereocenters. The molecular formula is C18H20N2O2. The van der Waals surface area contributed by atoms with Crippen LogP contribution in [0.15, 0.2) is 42.5 Å². The summed E-state index contributed by atoms with van der Waals surface area (Å²) in [6.07, 6.45) is 0. The largest absolute Gasteiger partial charge is 0.343 e. The standard InChI is InChI=1S/C18H20N2O2/c1-12-6-4-8-15(10-12)18(22)19-11-17(21)20-16-9-5-7-13(2)14(16)3/h4-10H,11H2,1-3H3,(H,19,22)(H,20,21). The average Bonchev–Trinajstić information content (AvgIpc) is 2.49. The van der Waals surface area contributed by atoms with Gasteiger partial charge in [-0.3, -0.25) is 9.59 Å². The van der Waals surface area contributed by atoms with Crippen LogP contribution in [0, 0.1) is 20.8 Å². The van der Waals surface area contributed by atoms with Crippen molar-refractivity contribution in [1.82, 2.24) is 5.32 Å². The van der Waals surface area contributed by atoms with E-state index in [1.54, 1.807) is 12.1 Å². The van der Waals surface area contributed by atoms with E-state index in [4.69, 9.17) is 0 Å². The smallest absolute Gasteiger partial charge is 0.251 e. The van der Waals surface area contributed by atoms with Gasteiger partial charge in [0.05, 0.1) is 6.54 Å². The van der Waals surface area contributed by atoms with Crippen LogP contribution in [0.25, 0.3) is 0 Å². The Bertz CT molecular complexity index is 708. The van der Waals surface area contributed by atoms with Crippen molar-refractivity contribution < 1.29 is 9.59 Å². The van der Waals surface area contributed by atoms with Crippen molar-refractivity contribution in [1.29, 1.82) is 0 Å². The number of amides is 2. The Kier molecular flexibility index (Phi) is 4.94. The molecule has 114 valence electrons. The Morgan fingerprint density at radius 3 is 2.45 bits per heavy atom. The molecule has 0 atom stereocenters. The Hall–Kier alpha value is -2.62. The number of anilines is 1. The van der Waals surface area contributed by atoms with Gasteiger partial charge in [0.2, 0.25) is 5.91 Å². The number of carbonyl (C=O) groups is 2. The van der Waals surface area contributed by atoms with Crippen LogP contribution in [-0.2, 0) is 4.79 Å². The minimum Gasteiger partial charge on any atom is -0.343 e. The van der Waals surface area contributed by atoms with Crippen molar-refractivity contribution in [3.63, 3.8) is 0 Å². The molecule has 2 aromatic carbocycles. The molecule has 4 heteroatoms. The van der Waals surface area contributed by atoms with Gasteiger partial charge in [0.15, 0.2) is 0 Å². The molecule has 0 heterocycles. The zero-order valence-corrected chi connectivity index (χ0v) is 13.1. The van der Waals surface area contributed by atoms with Crippen molar-refractivity contribution in [2.75, 3.05) is 11.9 Å². The number of benzene rings is 2. The quantitative estimate of drug-likeness (QED) is 0.911. The summed E-state index contributed by atoms with van der Waals surface area (Å²) in [5.74, 6) is -0.491. The van der Waals surface area contributed by atoms with Crippen molar-refractivity contribution in [3.05, 3.63) is 64.7 Å². The number of aryl methyl sites for hydroxylation is 2. The molecule has 0 radical (unpaired) electrons. The lowest BCUT2D eigenvalue weighted by atomic mass is 10.1. The second-order valence-corrected chi connectivity index (χ2v) is 5.35. The molecule has 0 fully saturated rings. The molecule has 0 aromatic heterocycles. The zero-order valence-electron chi connectivity index (χ0n) is 13.1. The molecule has 0 saturated heterocycles. The summed E-state index contributed by atoms with van der Waals surface area (Å²) in [4.78, 5) is 23.9. The topological polar surface area (TPSA) is 58.2 Å². The summed E-state index contributed by atoms with van der Waals surface area (Å²) in [6, 6.07) is 13.0. The summed E-state index contributed by atoms with van der Waals surface area (Å²) >= 11 is 0. The fraction of sp³-hybridized carbons (Fsp3) is 0.222. The van der Waals surface area contributed by atoms with Gasteiger partial charge in [0, 0.05) is 11.3 Å². The van der Waals surface area contributed by atoms with Crippen LogP contribution in [0.3, 0.4) is 0 Å². The maximum absolute atomic E-state index is 12.0. The van der Waals surface area contributed by atoms with E-state index in [2.05, 4.69) is 10.6 Å². The third-order valence-electron chi connectivity index (χ3n) is 3.57. The van der Waals surface area contributed by atoms with Gasteiger partial charge >= 0.3 is 0 Å². The summed E-state index contributed by atoms with van der Waals surface area (Å²) in [7, 11) is 0. The molecule has 0 aliphatic carbocycles. The molecule has 2 amide bonds. The van der Waals surface area contributed by atoms with Gasteiger partial charge in [0.25, 0.3) is 5.91 Å². The van der Waals surface area contributed by atoms with Gasteiger partial charge in [-0.05, 0) is 50.1 Å². The summed E-state index contributed by atoms with van der Waals surface area (Å²) in [6.45, 7) is 5.81. The van der Waals surface area contributed by atoms with Gasteiger partial charge in [0.1, 0.15) is 0 Å². The number of carbonyl (C=O) groups excluding carboxylic acids is 2. The third kappa shape index (κ3) is 3.95. The van der Waals surface area contributed by atoms with Gasteiger partial charge < -0.3 is 10.6 Å². The lowest BCUT2D eigenvalue weighted by molar-refractivity contribution is -0.115. The number of nitrogens with one attached hydrogen (secondary N) is 2. The first-order valence-corrected chi connectivity index (χ1v) is 7.18. The van der Waals surface area contributed by atoms with E-state index in [1.165, 1.54) is 0 Å². The fourth-order valence-electron chi connectivity index (χ4n) is 2.13. The summed E-state index contributed by atoms with van der Waals surface area (Å²) in [5, 5.41) is 5.44. The van der Waals surface area contributed by atoms with Crippen LogP contribution < -0.4 is 10.6 Å². The molecular weight excluding hydrogens is 276 g/mol. The van der Waals surface area contributed by atoms with E-state index < -0.39 is 0 Å². The monoisotopic (exact) mass is 296 g/mol. The Balaban J connectivity index is 1.93. The van der Waals surface area contributed by atoms with Crippen molar-refractivity contribution in [3.8, 4) is 0 Å². The minimum atomic E-state index is -0.250. The van der Waals surface area contributed by atoms with E-state index >= 15 is 0 Å². The maximum Gasteiger partial charge on any atom is 0.251 e. The van der Waals surface area contributed by atoms with Crippen LogP contribution in [0.2, 0.25) is 0 Å². The lowest BCUT2D eigenvalue weighted by Crippen LogP contribution is -2.33. The van der Waals surface area contributed by atoms with Crippen LogP contribution in [-0.4, -0.2) is 18.4 Å². The SMILES string of the molecule is Cc1cccc(C(=O)NCC(=O)Nc2cccc(C)c2C)c1. The van der Waals surface area contributed by atoms with E-state index in [-0.39, 0.29) is 18.4 Å². The number of hydrogen-bond acceptors (Lipinski definition) is 2. The molecule has 22 heavy (non-hydrogen) atoms. The van der Waals surface area contributed by atoms with Crippen molar-refractivity contribution in [2.45, 2.75) is 20.8 Å². The molecule has 0 saturated carbocycles. The molecule has 0 bridgehead atoms. The van der Waals surface area contributed by atoms with E-state index in [0.717, 1.165) is 22.4 Å². The lowest BCUT2D eigenvalue weighted by Gasteiger charge is -2.11. The van der Waals surface area contributed by atoms with Crippen LogP contribution in [0.1, 0.15) is 27.0 Å². The predicted octanol–water partition coefficient (Wildman–Crippen LogP) is 2.98. The maximum atomic E-state index is 12.0. The molecule has 2 aromatic rings. The van der Waals surface area contributed by atoms with Gasteiger partial charge in [-0.25, -0.2) is 0 Å². The van der Waals surface area contributed by atoms with Crippen LogP contribution >= 0.6 is 0 Å². The number of hydrogen-bond donors (Lipinski definition) is 2. The Morgan fingerprint density at radius 2 is 1.73 bits per heavy atom. The Labute approximate surface area is 130 Å².